The Morgan fingerprint density at radius 1 is 1.04 bits per heavy atom. The Kier molecular flexibility index (Phi) is 4.57. The summed E-state index contributed by atoms with van der Waals surface area (Å²) in [5, 5.41) is 14.0. The summed E-state index contributed by atoms with van der Waals surface area (Å²) in [5.74, 6) is -0.462. The number of nitro benzene ring substituents is 1. The van der Waals surface area contributed by atoms with Crippen molar-refractivity contribution >= 4 is 11.7 Å². The zero-order chi connectivity index (χ0) is 17.0. The summed E-state index contributed by atoms with van der Waals surface area (Å²) >= 11 is 0. The first-order chi connectivity index (χ1) is 11.6. The maximum absolute atomic E-state index is 12.6. The van der Waals surface area contributed by atoms with Gasteiger partial charge in [0, 0.05) is 25.0 Å². The average molecular weight is 326 g/mol. The maximum atomic E-state index is 12.6. The third-order valence-corrected chi connectivity index (χ3v) is 4.31. The molecule has 0 unspecified atom stereocenters. The minimum absolute atomic E-state index is 0.0498. The van der Waals surface area contributed by atoms with E-state index in [4.69, 9.17) is 4.74 Å². The summed E-state index contributed by atoms with van der Waals surface area (Å²) in [6, 6.07) is 15.2. The molecule has 0 bridgehead atoms. The van der Waals surface area contributed by atoms with Crippen LogP contribution in [0.5, 0.6) is 0 Å². The molecule has 2 aromatic rings. The number of esters is 1. The fourth-order valence-electron chi connectivity index (χ4n) is 2.98. The first-order valence-electron chi connectivity index (χ1n) is 7.85. The van der Waals surface area contributed by atoms with Crippen molar-refractivity contribution in [2.75, 3.05) is 13.1 Å². The van der Waals surface area contributed by atoms with Crippen molar-refractivity contribution in [2.45, 2.75) is 18.4 Å². The second-order valence-corrected chi connectivity index (χ2v) is 5.80. The van der Waals surface area contributed by atoms with Gasteiger partial charge in [-0.2, -0.15) is 0 Å². The summed E-state index contributed by atoms with van der Waals surface area (Å²) in [6.45, 7) is 1.53. The van der Waals surface area contributed by atoms with E-state index in [-0.39, 0.29) is 5.69 Å². The number of hydrogen-bond acceptors (Lipinski definition) is 5. The molecule has 1 aliphatic heterocycles. The van der Waals surface area contributed by atoms with E-state index in [1.807, 2.05) is 30.3 Å². The molecule has 0 amide bonds. The van der Waals surface area contributed by atoms with E-state index in [9.17, 15) is 14.9 Å². The molecule has 1 aliphatic rings. The van der Waals surface area contributed by atoms with E-state index < -0.39 is 16.5 Å². The Hall–Kier alpha value is -2.73. The Morgan fingerprint density at radius 3 is 2.25 bits per heavy atom. The van der Waals surface area contributed by atoms with Gasteiger partial charge in [0.25, 0.3) is 5.69 Å². The second kappa shape index (κ2) is 6.80. The Morgan fingerprint density at radius 2 is 1.67 bits per heavy atom. The molecule has 6 nitrogen and oxygen atoms in total. The predicted molar refractivity (Wildman–Crippen MR) is 88.7 cm³/mol. The molecule has 0 aromatic heterocycles. The molecule has 6 heteroatoms. The number of rotatable bonds is 4. The van der Waals surface area contributed by atoms with Crippen molar-refractivity contribution < 1.29 is 14.5 Å². The molecule has 0 atom stereocenters. The number of nitro groups is 1. The molecular formula is C18H18N2O4. The Labute approximate surface area is 139 Å². The Balaban J connectivity index is 1.85. The zero-order valence-corrected chi connectivity index (χ0v) is 13.1. The number of benzene rings is 2. The van der Waals surface area contributed by atoms with Crippen LogP contribution in [0, 0.1) is 10.1 Å². The molecule has 3 rings (SSSR count). The van der Waals surface area contributed by atoms with Gasteiger partial charge in [-0.3, -0.25) is 10.1 Å². The van der Waals surface area contributed by atoms with E-state index in [0.29, 0.717) is 18.4 Å². The van der Waals surface area contributed by atoms with Crippen molar-refractivity contribution in [1.82, 2.24) is 5.32 Å². The second-order valence-electron chi connectivity index (χ2n) is 5.80. The maximum Gasteiger partial charge on any atom is 0.339 e. The van der Waals surface area contributed by atoms with Crippen molar-refractivity contribution in [3.8, 4) is 0 Å². The van der Waals surface area contributed by atoms with Crippen molar-refractivity contribution in [3.63, 3.8) is 0 Å². The molecule has 0 saturated carbocycles. The SMILES string of the molecule is O=C(OC1(c2ccccc2)CCNCC1)c1ccc([N+](=O)[O-])cc1. The lowest BCUT2D eigenvalue weighted by Crippen LogP contribution is -2.43. The van der Waals surface area contributed by atoms with Gasteiger partial charge < -0.3 is 10.1 Å². The first-order valence-corrected chi connectivity index (χ1v) is 7.85. The fourth-order valence-corrected chi connectivity index (χ4v) is 2.98. The number of carbonyl (C=O) groups excluding carboxylic acids is 1. The number of nitrogens with one attached hydrogen (secondary N) is 1. The smallest absolute Gasteiger partial charge is 0.339 e. The van der Waals surface area contributed by atoms with Gasteiger partial charge in [-0.1, -0.05) is 30.3 Å². The molecular weight excluding hydrogens is 308 g/mol. The van der Waals surface area contributed by atoms with Crippen LogP contribution in [-0.2, 0) is 10.3 Å². The number of non-ortho nitro benzene ring substituents is 1. The first kappa shape index (κ1) is 16.1. The molecule has 124 valence electrons. The highest BCUT2D eigenvalue weighted by Gasteiger charge is 2.38. The fraction of sp³-hybridized carbons (Fsp3) is 0.278. The number of nitrogens with zero attached hydrogens (tertiary/aromatic N) is 1. The number of carbonyl (C=O) groups is 1. The lowest BCUT2D eigenvalue weighted by atomic mass is 9.84. The molecule has 0 radical (unpaired) electrons. The van der Waals surface area contributed by atoms with Crippen molar-refractivity contribution in [2.24, 2.45) is 0 Å². The van der Waals surface area contributed by atoms with Crippen LogP contribution >= 0.6 is 0 Å². The molecule has 1 saturated heterocycles. The average Bonchev–Trinajstić information content (AvgIpc) is 2.63. The van der Waals surface area contributed by atoms with Crippen LogP contribution in [0.4, 0.5) is 5.69 Å². The number of piperidine rings is 1. The summed E-state index contributed by atoms with van der Waals surface area (Å²) in [7, 11) is 0. The van der Waals surface area contributed by atoms with Gasteiger partial charge >= 0.3 is 5.97 Å². The predicted octanol–water partition coefficient (Wildman–Crippen LogP) is 3.03. The third-order valence-electron chi connectivity index (χ3n) is 4.31. The lowest BCUT2D eigenvalue weighted by Gasteiger charge is -2.37. The van der Waals surface area contributed by atoms with Crippen LogP contribution in [0.3, 0.4) is 0 Å². The van der Waals surface area contributed by atoms with Crippen LogP contribution in [-0.4, -0.2) is 24.0 Å². The number of ether oxygens (including phenoxy) is 1. The van der Waals surface area contributed by atoms with Crippen molar-refractivity contribution in [3.05, 3.63) is 75.8 Å². The van der Waals surface area contributed by atoms with Crippen LogP contribution in [0.2, 0.25) is 0 Å². The lowest BCUT2D eigenvalue weighted by molar-refractivity contribution is -0.384. The molecule has 0 spiro atoms. The highest BCUT2D eigenvalue weighted by atomic mass is 16.6. The van der Waals surface area contributed by atoms with Gasteiger partial charge in [0.15, 0.2) is 0 Å². The topological polar surface area (TPSA) is 81.5 Å². The molecule has 0 aliphatic carbocycles. The summed E-state index contributed by atoms with van der Waals surface area (Å²) in [5.41, 5.74) is 0.577. The van der Waals surface area contributed by atoms with Crippen LogP contribution in [0.1, 0.15) is 28.8 Å². The normalized spacial score (nSPS) is 16.3. The standard InChI is InChI=1S/C18H18N2O4/c21-17(14-6-8-16(9-7-14)20(22)23)24-18(10-12-19-13-11-18)15-4-2-1-3-5-15/h1-9,19H,10-13H2. The van der Waals surface area contributed by atoms with Gasteiger partial charge in [0.1, 0.15) is 5.60 Å². The van der Waals surface area contributed by atoms with Gasteiger partial charge in [0.2, 0.25) is 0 Å². The quantitative estimate of drug-likeness (QED) is 0.530. The molecule has 2 aromatic carbocycles. The molecule has 1 N–H and O–H groups in total. The molecule has 1 fully saturated rings. The molecule has 1 heterocycles. The van der Waals surface area contributed by atoms with Gasteiger partial charge in [-0.05, 0) is 30.8 Å². The number of hydrogen-bond donors (Lipinski definition) is 1. The summed E-state index contributed by atoms with van der Waals surface area (Å²) in [6.07, 6.45) is 1.38. The highest BCUT2D eigenvalue weighted by Crippen LogP contribution is 2.35. The zero-order valence-electron chi connectivity index (χ0n) is 13.1. The third kappa shape index (κ3) is 3.28. The van der Waals surface area contributed by atoms with E-state index in [2.05, 4.69) is 5.32 Å². The monoisotopic (exact) mass is 326 g/mol. The van der Waals surface area contributed by atoms with E-state index >= 15 is 0 Å². The summed E-state index contributed by atoms with van der Waals surface area (Å²) < 4.78 is 5.90. The minimum atomic E-state index is -0.661. The Bertz CT molecular complexity index is 722. The van der Waals surface area contributed by atoms with E-state index in [0.717, 1.165) is 18.7 Å². The van der Waals surface area contributed by atoms with Gasteiger partial charge in [0.05, 0.1) is 10.5 Å². The van der Waals surface area contributed by atoms with Gasteiger partial charge in [-0.15, -0.1) is 0 Å². The van der Waals surface area contributed by atoms with E-state index in [1.54, 1.807) is 0 Å². The van der Waals surface area contributed by atoms with Crippen LogP contribution in [0.15, 0.2) is 54.6 Å². The largest absolute Gasteiger partial charge is 0.450 e. The minimum Gasteiger partial charge on any atom is -0.450 e. The van der Waals surface area contributed by atoms with E-state index in [1.165, 1.54) is 24.3 Å². The van der Waals surface area contributed by atoms with Gasteiger partial charge in [-0.25, -0.2) is 4.79 Å². The van der Waals surface area contributed by atoms with Crippen LogP contribution < -0.4 is 5.32 Å². The highest BCUT2D eigenvalue weighted by molar-refractivity contribution is 5.90. The van der Waals surface area contributed by atoms with Crippen LogP contribution in [0.25, 0.3) is 0 Å². The summed E-state index contributed by atoms with van der Waals surface area (Å²) in [4.78, 5) is 22.8. The van der Waals surface area contributed by atoms with Crippen molar-refractivity contribution in [1.29, 1.82) is 0 Å². The molecule has 24 heavy (non-hydrogen) atoms.